The second-order valence-corrected chi connectivity index (χ2v) is 3.96. The van der Waals surface area contributed by atoms with Gasteiger partial charge < -0.3 is 9.73 Å². The molecular formula is C11H12N2O2. The zero-order valence-electron chi connectivity index (χ0n) is 8.25. The van der Waals surface area contributed by atoms with E-state index in [1.165, 1.54) is 12.8 Å². The van der Waals surface area contributed by atoms with Crippen LogP contribution in [0, 0.1) is 0 Å². The minimum absolute atomic E-state index is 0.385. The molecule has 0 radical (unpaired) electrons. The van der Waals surface area contributed by atoms with Crippen LogP contribution in [-0.2, 0) is 6.54 Å². The van der Waals surface area contributed by atoms with Gasteiger partial charge in [-0.25, -0.2) is 4.79 Å². The van der Waals surface area contributed by atoms with E-state index >= 15 is 0 Å². The van der Waals surface area contributed by atoms with E-state index in [9.17, 15) is 4.79 Å². The van der Waals surface area contributed by atoms with E-state index in [2.05, 4.69) is 10.3 Å². The van der Waals surface area contributed by atoms with Crippen molar-refractivity contribution in [1.29, 1.82) is 0 Å². The number of rotatable bonds is 3. The van der Waals surface area contributed by atoms with Crippen molar-refractivity contribution in [3.8, 4) is 0 Å². The molecule has 1 heterocycles. The summed E-state index contributed by atoms with van der Waals surface area (Å²) in [7, 11) is 0. The molecule has 0 unspecified atom stereocenters. The monoisotopic (exact) mass is 204 g/mol. The van der Waals surface area contributed by atoms with Crippen LogP contribution in [0.4, 0.5) is 0 Å². The highest BCUT2D eigenvalue weighted by molar-refractivity contribution is 5.75. The minimum atomic E-state index is -0.385. The van der Waals surface area contributed by atoms with Crippen molar-refractivity contribution < 1.29 is 4.42 Å². The van der Waals surface area contributed by atoms with E-state index in [0.29, 0.717) is 11.6 Å². The van der Waals surface area contributed by atoms with E-state index in [1.807, 2.05) is 18.2 Å². The number of oxazole rings is 1. The average molecular weight is 204 g/mol. The molecule has 2 N–H and O–H groups in total. The molecule has 4 nitrogen and oxygen atoms in total. The van der Waals surface area contributed by atoms with Crippen LogP contribution in [0.2, 0.25) is 0 Å². The van der Waals surface area contributed by atoms with Crippen molar-refractivity contribution in [2.75, 3.05) is 0 Å². The van der Waals surface area contributed by atoms with Crippen LogP contribution < -0.4 is 11.1 Å². The third-order valence-electron chi connectivity index (χ3n) is 2.69. The predicted molar refractivity (Wildman–Crippen MR) is 56.7 cm³/mol. The Kier molecular flexibility index (Phi) is 1.89. The topological polar surface area (TPSA) is 58.0 Å². The number of aromatic amines is 1. The number of benzene rings is 1. The summed E-state index contributed by atoms with van der Waals surface area (Å²) in [5.74, 6) is -0.385. The lowest BCUT2D eigenvalue weighted by atomic mass is 10.2. The smallest absolute Gasteiger partial charge is 0.408 e. The lowest BCUT2D eigenvalue weighted by Crippen LogP contribution is -2.15. The lowest BCUT2D eigenvalue weighted by molar-refractivity contribution is 0.548. The van der Waals surface area contributed by atoms with Gasteiger partial charge in [-0.05, 0) is 18.9 Å². The summed E-state index contributed by atoms with van der Waals surface area (Å²) in [6.07, 6.45) is 2.51. The number of aromatic nitrogens is 1. The van der Waals surface area contributed by atoms with Crippen molar-refractivity contribution in [1.82, 2.24) is 10.3 Å². The Bertz CT molecular complexity index is 537. The molecule has 15 heavy (non-hydrogen) atoms. The molecule has 0 spiro atoms. The fourth-order valence-corrected chi connectivity index (χ4v) is 1.71. The zero-order valence-corrected chi connectivity index (χ0v) is 8.25. The molecule has 3 rings (SSSR count). The number of H-pyrrole nitrogens is 1. The third kappa shape index (κ3) is 1.68. The van der Waals surface area contributed by atoms with Gasteiger partial charge in [-0.2, -0.15) is 0 Å². The molecule has 1 fully saturated rings. The standard InChI is InChI=1S/C11H12N2O2/c14-11-13-9-3-1-2-7(10(9)15-11)6-12-8-4-5-8/h1-3,8,12H,4-6H2,(H,13,14). The van der Waals surface area contributed by atoms with Crippen LogP contribution in [0.1, 0.15) is 18.4 Å². The maximum absolute atomic E-state index is 11.0. The van der Waals surface area contributed by atoms with Gasteiger partial charge in [-0.3, -0.25) is 4.98 Å². The average Bonchev–Trinajstić information content (AvgIpc) is 2.96. The number of fused-ring (bicyclic) bond motifs is 1. The van der Waals surface area contributed by atoms with E-state index in [0.717, 1.165) is 17.6 Å². The summed E-state index contributed by atoms with van der Waals surface area (Å²) >= 11 is 0. The summed E-state index contributed by atoms with van der Waals surface area (Å²) in [6, 6.07) is 6.42. The number of hydrogen-bond acceptors (Lipinski definition) is 3. The van der Waals surface area contributed by atoms with Gasteiger partial charge in [0.2, 0.25) is 0 Å². The first-order valence-corrected chi connectivity index (χ1v) is 5.17. The molecule has 1 aromatic carbocycles. The Hall–Kier alpha value is -1.55. The summed E-state index contributed by atoms with van der Waals surface area (Å²) in [5.41, 5.74) is 2.49. The van der Waals surface area contributed by atoms with Crippen molar-refractivity contribution in [3.05, 3.63) is 34.3 Å². The molecule has 0 aliphatic heterocycles. The highest BCUT2D eigenvalue weighted by Gasteiger charge is 2.20. The Balaban J connectivity index is 1.96. The highest BCUT2D eigenvalue weighted by Crippen LogP contribution is 2.21. The van der Waals surface area contributed by atoms with Gasteiger partial charge in [-0.1, -0.05) is 12.1 Å². The van der Waals surface area contributed by atoms with Gasteiger partial charge in [0.1, 0.15) is 0 Å². The van der Waals surface area contributed by atoms with Gasteiger partial charge in [-0.15, -0.1) is 0 Å². The molecule has 1 aliphatic rings. The van der Waals surface area contributed by atoms with Crippen LogP contribution >= 0.6 is 0 Å². The van der Waals surface area contributed by atoms with Crippen molar-refractivity contribution >= 4 is 11.1 Å². The quantitative estimate of drug-likeness (QED) is 0.794. The molecule has 2 aromatic rings. The molecule has 0 bridgehead atoms. The molecule has 0 saturated heterocycles. The number of nitrogens with one attached hydrogen (secondary N) is 2. The normalized spacial score (nSPS) is 16.0. The first-order chi connectivity index (χ1) is 7.33. The largest absolute Gasteiger partial charge is 0.417 e. The van der Waals surface area contributed by atoms with Gasteiger partial charge in [0.25, 0.3) is 0 Å². The summed E-state index contributed by atoms with van der Waals surface area (Å²) in [4.78, 5) is 13.7. The molecular weight excluding hydrogens is 192 g/mol. The fraction of sp³-hybridized carbons (Fsp3) is 0.364. The van der Waals surface area contributed by atoms with E-state index < -0.39 is 0 Å². The van der Waals surface area contributed by atoms with Crippen LogP contribution in [0.25, 0.3) is 11.1 Å². The second kappa shape index (κ2) is 3.24. The van der Waals surface area contributed by atoms with Gasteiger partial charge >= 0.3 is 5.76 Å². The Morgan fingerprint density at radius 1 is 1.47 bits per heavy atom. The first-order valence-electron chi connectivity index (χ1n) is 5.17. The van der Waals surface area contributed by atoms with E-state index in [-0.39, 0.29) is 5.76 Å². The highest BCUT2D eigenvalue weighted by atomic mass is 16.4. The maximum Gasteiger partial charge on any atom is 0.417 e. The molecule has 1 aromatic heterocycles. The van der Waals surface area contributed by atoms with E-state index in [1.54, 1.807) is 0 Å². The van der Waals surface area contributed by atoms with Crippen LogP contribution in [0.3, 0.4) is 0 Å². The maximum atomic E-state index is 11.0. The fourth-order valence-electron chi connectivity index (χ4n) is 1.71. The molecule has 78 valence electrons. The Labute approximate surface area is 86.3 Å². The predicted octanol–water partition coefficient (Wildman–Crippen LogP) is 1.37. The van der Waals surface area contributed by atoms with Crippen molar-refractivity contribution in [2.45, 2.75) is 25.4 Å². The minimum Gasteiger partial charge on any atom is -0.408 e. The number of hydrogen-bond donors (Lipinski definition) is 2. The summed E-state index contributed by atoms with van der Waals surface area (Å²) in [6.45, 7) is 0.767. The first kappa shape index (κ1) is 8.73. The SMILES string of the molecule is O=c1[nH]c2cccc(CNC3CC3)c2o1. The van der Waals surface area contributed by atoms with E-state index in [4.69, 9.17) is 4.42 Å². The van der Waals surface area contributed by atoms with Gasteiger partial charge in [0, 0.05) is 18.2 Å². The van der Waals surface area contributed by atoms with Crippen LogP contribution in [0.15, 0.2) is 27.4 Å². The zero-order chi connectivity index (χ0) is 10.3. The third-order valence-corrected chi connectivity index (χ3v) is 2.69. The summed E-state index contributed by atoms with van der Waals surface area (Å²) < 4.78 is 5.10. The molecule has 1 aliphatic carbocycles. The van der Waals surface area contributed by atoms with Gasteiger partial charge in [0.15, 0.2) is 5.58 Å². The number of para-hydroxylation sites is 1. The lowest BCUT2D eigenvalue weighted by Gasteiger charge is -2.02. The van der Waals surface area contributed by atoms with Crippen molar-refractivity contribution in [3.63, 3.8) is 0 Å². The Morgan fingerprint density at radius 3 is 3.13 bits per heavy atom. The molecule has 1 saturated carbocycles. The van der Waals surface area contributed by atoms with Gasteiger partial charge in [0.05, 0.1) is 5.52 Å². The molecule has 0 amide bonds. The second-order valence-electron chi connectivity index (χ2n) is 3.96. The van der Waals surface area contributed by atoms with Crippen molar-refractivity contribution in [2.24, 2.45) is 0 Å². The van der Waals surface area contributed by atoms with Crippen LogP contribution in [0.5, 0.6) is 0 Å². The molecule has 0 atom stereocenters. The summed E-state index contributed by atoms with van der Waals surface area (Å²) in [5, 5.41) is 3.40. The Morgan fingerprint density at radius 2 is 2.33 bits per heavy atom. The van der Waals surface area contributed by atoms with Crippen LogP contribution in [-0.4, -0.2) is 11.0 Å². The molecule has 4 heteroatoms.